The molecular weight excluding hydrogens is 236 g/mol. The van der Waals surface area contributed by atoms with Crippen LogP contribution in [-0.2, 0) is 11.2 Å². The van der Waals surface area contributed by atoms with Gasteiger partial charge in [-0.25, -0.2) is 0 Å². The second kappa shape index (κ2) is 4.88. The summed E-state index contributed by atoms with van der Waals surface area (Å²) in [5, 5.41) is 11.4. The summed E-state index contributed by atoms with van der Waals surface area (Å²) in [6.45, 7) is 0. The number of carboxylic acids is 1. The highest BCUT2D eigenvalue weighted by atomic mass is 16.4. The summed E-state index contributed by atoms with van der Waals surface area (Å²) in [6.07, 6.45) is 5.07. The first-order chi connectivity index (χ1) is 9.24. The van der Waals surface area contributed by atoms with Crippen LogP contribution in [-0.4, -0.2) is 11.1 Å². The van der Waals surface area contributed by atoms with Crippen molar-refractivity contribution in [3.05, 3.63) is 53.1 Å². The van der Waals surface area contributed by atoms with E-state index in [1.54, 1.807) is 0 Å². The minimum Gasteiger partial charge on any atom is -0.481 e. The van der Waals surface area contributed by atoms with Crippen molar-refractivity contribution >= 4 is 22.8 Å². The first-order valence-electron chi connectivity index (χ1n) is 6.66. The number of carbonyl (C=O) groups is 1. The van der Waals surface area contributed by atoms with Gasteiger partial charge in [0.05, 0.1) is 0 Å². The molecule has 0 atom stereocenters. The summed E-state index contributed by atoms with van der Waals surface area (Å²) >= 11 is 0. The third-order valence-electron chi connectivity index (χ3n) is 3.79. The minimum absolute atomic E-state index is 0.231. The maximum atomic E-state index is 10.6. The zero-order valence-corrected chi connectivity index (χ0v) is 10.7. The SMILES string of the molecule is O=C(O)CCC1=Cc2ccc3ccccc3c2CC1. The van der Waals surface area contributed by atoms with Gasteiger partial charge < -0.3 is 5.11 Å². The maximum Gasteiger partial charge on any atom is 0.303 e. The molecule has 0 aliphatic heterocycles. The molecular formula is C17H16O2. The normalized spacial score (nSPS) is 14.0. The highest BCUT2D eigenvalue weighted by Crippen LogP contribution is 2.31. The standard InChI is InChI=1S/C17H16O2/c18-17(19)10-6-12-5-9-16-14(11-12)8-7-13-3-1-2-4-15(13)16/h1-4,7-8,11H,5-6,9-10H2,(H,18,19). The van der Waals surface area contributed by atoms with Crippen LogP contribution in [0.25, 0.3) is 16.8 Å². The lowest BCUT2D eigenvalue weighted by molar-refractivity contribution is -0.136. The smallest absolute Gasteiger partial charge is 0.303 e. The van der Waals surface area contributed by atoms with Crippen LogP contribution in [0.4, 0.5) is 0 Å². The number of aryl methyl sites for hydroxylation is 1. The van der Waals surface area contributed by atoms with E-state index < -0.39 is 5.97 Å². The van der Waals surface area contributed by atoms with E-state index in [1.807, 2.05) is 0 Å². The Labute approximate surface area is 112 Å². The van der Waals surface area contributed by atoms with E-state index in [1.165, 1.54) is 27.5 Å². The molecule has 2 heteroatoms. The van der Waals surface area contributed by atoms with Gasteiger partial charge in [0.2, 0.25) is 0 Å². The average Bonchev–Trinajstić information content (AvgIpc) is 2.44. The lowest BCUT2D eigenvalue weighted by Gasteiger charge is -2.18. The molecule has 0 unspecified atom stereocenters. The first-order valence-corrected chi connectivity index (χ1v) is 6.66. The second-order valence-electron chi connectivity index (χ2n) is 5.05. The predicted molar refractivity (Wildman–Crippen MR) is 77.1 cm³/mol. The number of carboxylic acid groups (broad SMARTS) is 1. The van der Waals surface area contributed by atoms with Crippen molar-refractivity contribution in [3.63, 3.8) is 0 Å². The van der Waals surface area contributed by atoms with Gasteiger partial charge in [-0.1, -0.05) is 48.0 Å². The van der Waals surface area contributed by atoms with Crippen LogP contribution in [0.15, 0.2) is 42.0 Å². The topological polar surface area (TPSA) is 37.3 Å². The first kappa shape index (κ1) is 12.0. The quantitative estimate of drug-likeness (QED) is 0.895. The summed E-state index contributed by atoms with van der Waals surface area (Å²) in [7, 11) is 0. The molecule has 0 radical (unpaired) electrons. The molecule has 2 aromatic carbocycles. The van der Waals surface area contributed by atoms with E-state index in [0.29, 0.717) is 6.42 Å². The van der Waals surface area contributed by atoms with Gasteiger partial charge in [-0.3, -0.25) is 4.79 Å². The van der Waals surface area contributed by atoms with E-state index in [0.717, 1.165) is 12.8 Å². The molecule has 0 heterocycles. The van der Waals surface area contributed by atoms with E-state index in [-0.39, 0.29) is 6.42 Å². The summed E-state index contributed by atoms with van der Waals surface area (Å²) in [5.74, 6) is -0.717. The number of benzene rings is 2. The number of allylic oxidation sites excluding steroid dienone is 1. The van der Waals surface area contributed by atoms with Crippen molar-refractivity contribution in [2.75, 3.05) is 0 Å². The molecule has 3 rings (SSSR count). The predicted octanol–water partition coefficient (Wildman–Crippen LogP) is 4.03. The van der Waals surface area contributed by atoms with Crippen LogP contribution in [0.3, 0.4) is 0 Å². The number of hydrogen-bond acceptors (Lipinski definition) is 1. The number of hydrogen-bond donors (Lipinski definition) is 1. The molecule has 1 aliphatic carbocycles. The molecule has 1 N–H and O–H groups in total. The molecule has 0 fully saturated rings. The molecule has 0 saturated heterocycles. The highest BCUT2D eigenvalue weighted by Gasteiger charge is 2.13. The van der Waals surface area contributed by atoms with Gasteiger partial charge in [-0.2, -0.15) is 0 Å². The van der Waals surface area contributed by atoms with Crippen LogP contribution in [0.5, 0.6) is 0 Å². The summed E-state index contributed by atoms with van der Waals surface area (Å²) in [4.78, 5) is 10.6. The zero-order chi connectivity index (χ0) is 13.2. The van der Waals surface area contributed by atoms with Crippen molar-refractivity contribution in [1.82, 2.24) is 0 Å². The van der Waals surface area contributed by atoms with E-state index in [4.69, 9.17) is 5.11 Å². The lowest BCUT2D eigenvalue weighted by atomic mass is 9.87. The molecule has 0 bridgehead atoms. The van der Waals surface area contributed by atoms with E-state index in [9.17, 15) is 4.79 Å². The van der Waals surface area contributed by atoms with Gasteiger partial charge >= 0.3 is 5.97 Å². The molecule has 2 nitrogen and oxygen atoms in total. The van der Waals surface area contributed by atoms with Gasteiger partial charge in [0.25, 0.3) is 0 Å². The molecule has 0 spiro atoms. The molecule has 96 valence electrons. The van der Waals surface area contributed by atoms with Crippen LogP contribution in [0.1, 0.15) is 30.4 Å². The largest absolute Gasteiger partial charge is 0.481 e. The third kappa shape index (κ3) is 2.39. The molecule has 1 aliphatic rings. The maximum absolute atomic E-state index is 10.6. The number of aliphatic carboxylic acids is 1. The Morgan fingerprint density at radius 1 is 1.11 bits per heavy atom. The monoisotopic (exact) mass is 252 g/mol. The van der Waals surface area contributed by atoms with Gasteiger partial charge in [-0.15, -0.1) is 0 Å². The number of fused-ring (bicyclic) bond motifs is 3. The molecule has 0 amide bonds. The average molecular weight is 252 g/mol. The fraction of sp³-hybridized carbons (Fsp3) is 0.235. The summed E-state index contributed by atoms with van der Waals surface area (Å²) < 4.78 is 0. The molecule has 19 heavy (non-hydrogen) atoms. The van der Waals surface area contributed by atoms with Crippen molar-refractivity contribution in [2.24, 2.45) is 0 Å². The Morgan fingerprint density at radius 2 is 1.95 bits per heavy atom. The minimum atomic E-state index is -0.717. The third-order valence-corrected chi connectivity index (χ3v) is 3.79. The Morgan fingerprint density at radius 3 is 2.79 bits per heavy atom. The van der Waals surface area contributed by atoms with Gasteiger partial charge in [-0.05, 0) is 41.2 Å². The zero-order valence-electron chi connectivity index (χ0n) is 10.7. The van der Waals surface area contributed by atoms with Crippen molar-refractivity contribution in [2.45, 2.75) is 25.7 Å². The fourth-order valence-corrected chi connectivity index (χ4v) is 2.81. The summed E-state index contributed by atoms with van der Waals surface area (Å²) in [5.41, 5.74) is 3.91. The molecule has 0 saturated carbocycles. The van der Waals surface area contributed by atoms with Crippen LogP contribution < -0.4 is 0 Å². The summed E-state index contributed by atoms with van der Waals surface area (Å²) in [6, 6.07) is 12.7. The second-order valence-corrected chi connectivity index (χ2v) is 5.05. The highest BCUT2D eigenvalue weighted by molar-refractivity contribution is 5.89. The Hall–Kier alpha value is -2.09. The van der Waals surface area contributed by atoms with Crippen molar-refractivity contribution in [1.29, 1.82) is 0 Å². The van der Waals surface area contributed by atoms with Gasteiger partial charge in [0.1, 0.15) is 0 Å². The van der Waals surface area contributed by atoms with Crippen LogP contribution in [0, 0.1) is 0 Å². The molecule has 2 aromatic rings. The fourth-order valence-electron chi connectivity index (χ4n) is 2.81. The molecule has 0 aromatic heterocycles. The van der Waals surface area contributed by atoms with Gasteiger partial charge in [0, 0.05) is 6.42 Å². The van der Waals surface area contributed by atoms with Crippen molar-refractivity contribution < 1.29 is 9.90 Å². The van der Waals surface area contributed by atoms with E-state index in [2.05, 4.69) is 42.5 Å². The Bertz CT molecular complexity index is 668. The Balaban J connectivity index is 1.97. The Kier molecular flexibility index (Phi) is 3.08. The van der Waals surface area contributed by atoms with Crippen molar-refractivity contribution in [3.8, 4) is 0 Å². The van der Waals surface area contributed by atoms with Gasteiger partial charge in [0.15, 0.2) is 0 Å². The van der Waals surface area contributed by atoms with E-state index >= 15 is 0 Å². The number of rotatable bonds is 3. The lowest BCUT2D eigenvalue weighted by Crippen LogP contribution is -2.02. The van der Waals surface area contributed by atoms with Crippen LogP contribution >= 0.6 is 0 Å². The van der Waals surface area contributed by atoms with Crippen LogP contribution in [0.2, 0.25) is 0 Å².